The minimum Gasteiger partial charge on any atom is -0.456 e. The Morgan fingerprint density at radius 1 is 1.12 bits per heavy atom. The van der Waals surface area contributed by atoms with Crippen molar-refractivity contribution in [3.05, 3.63) is 59.7 Å². The van der Waals surface area contributed by atoms with Crippen molar-refractivity contribution in [2.75, 3.05) is 6.54 Å². The van der Waals surface area contributed by atoms with Gasteiger partial charge in [0.05, 0.1) is 5.56 Å². The van der Waals surface area contributed by atoms with Crippen LogP contribution in [0.1, 0.15) is 36.4 Å². The van der Waals surface area contributed by atoms with Crippen molar-refractivity contribution in [2.24, 2.45) is 0 Å². The van der Waals surface area contributed by atoms with Gasteiger partial charge in [-0.2, -0.15) is 5.26 Å². The largest absolute Gasteiger partial charge is 0.456 e. The number of ether oxygens (including phenoxy) is 1. The number of hydrogen-bond donors (Lipinski definition) is 2. The van der Waals surface area contributed by atoms with Crippen LogP contribution in [0.3, 0.4) is 0 Å². The fourth-order valence-electron chi connectivity index (χ4n) is 3.71. The zero-order chi connectivity index (χ0) is 17.3. The summed E-state index contributed by atoms with van der Waals surface area (Å²) in [5.41, 5.74) is 1.28. The second-order valence-electron chi connectivity index (χ2n) is 6.60. The predicted octanol–water partition coefficient (Wildman–Crippen LogP) is 3.03. The Kier molecular flexibility index (Phi) is 3.90. The van der Waals surface area contributed by atoms with E-state index in [-0.39, 0.29) is 17.5 Å². The minimum absolute atomic E-state index is 0.128. The van der Waals surface area contributed by atoms with Crippen LogP contribution in [0.25, 0.3) is 0 Å². The fraction of sp³-hybridized carbons (Fsp3) is 0.300. The van der Waals surface area contributed by atoms with E-state index in [0.717, 1.165) is 31.4 Å². The lowest BCUT2D eigenvalue weighted by Crippen LogP contribution is -2.47. The Morgan fingerprint density at radius 3 is 2.64 bits per heavy atom. The van der Waals surface area contributed by atoms with Crippen molar-refractivity contribution in [3.63, 3.8) is 0 Å². The summed E-state index contributed by atoms with van der Waals surface area (Å²) in [5, 5.41) is 15.6. The zero-order valence-electron chi connectivity index (χ0n) is 13.8. The highest BCUT2D eigenvalue weighted by molar-refractivity contribution is 5.88. The number of carbonyl (C=O) groups is 1. The van der Waals surface area contributed by atoms with E-state index in [0.29, 0.717) is 17.1 Å². The van der Waals surface area contributed by atoms with Crippen LogP contribution in [0.15, 0.2) is 48.5 Å². The molecule has 0 aromatic heterocycles. The van der Waals surface area contributed by atoms with Gasteiger partial charge in [-0.15, -0.1) is 0 Å². The summed E-state index contributed by atoms with van der Waals surface area (Å²) in [7, 11) is 0. The standard InChI is InChI=1S/C20H19N3O2/c21-13-15-3-1-2-4-18(15)25-16-7-5-14(6-8-16)17-9-10-20(23-17)11-12-22-19(20)24/h1-8,17,23H,9-12H2,(H,22,24)/t17-,20-/m1/s1. The van der Waals surface area contributed by atoms with Crippen LogP contribution < -0.4 is 15.4 Å². The molecule has 25 heavy (non-hydrogen) atoms. The average molecular weight is 333 g/mol. The molecular formula is C20H19N3O2. The van der Waals surface area contributed by atoms with Gasteiger partial charge in [-0.3, -0.25) is 10.1 Å². The zero-order valence-corrected chi connectivity index (χ0v) is 13.8. The molecule has 2 aliphatic heterocycles. The molecule has 2 N–H and O–H groups in total. The molecule has 2 aromatic rings. The minimum atomic E-state index is -0.383. The number of para-hydroxylation sites is 1. The lowest BCUT2D eigenvalue weighted by atomic mass is 9.96. The first-order valence-corrected chi connectivity index (χ1v) is 8.53. The summed E-state index contributed by atoms with van der Waals surface area (Å²) in [4.78, 5) is 12.1. The van der Waals surface area contributed by atoms with E-state index in [4.69, 9.17) is 10.00 Å². The summed E-state index contributed by atoms with van der Waals surface area (Å²) in [6, 6.07) is 17.4. The number of nitriles is 1. The van der Waals surface area contributed by atoms with E-state index in [1.165, 1.54) is 0 Å². The van der Waals surface area contributed by atoms with E-state index >= 15 is 0 Å². The van der Waals surface area contributed by atoms with Crippen LogP contribution in [-0.4, -0.2) is 18.0 Å². The molecule has 2 saturated heterocycles. The maximum Gasteiger partial charge on any atom is 0.240 e. The molecule has 4 rings (SSSR count). The number of hydrogen-bond acceptors (Lipinski definition) is 4. The lowest BCUT2D eigenvalue weighted by Gasteiger charge is -2.22. The number of rotatable bonds is 3. The van der Waals surface area contributed by atoms with Gasteiger partial charge in [0.2, 0.25) is 5.91 Å². The SMILES string of the molecule is N#Cc1ccccc1Oc1ccc([C@H]2CC[C@]3(CCNC3=O)N2)cc1. The van der Waals surface area contributed by atoms with Crippen molar-refractivity contribution in [3.8, 4) is 17.6 Å². The summed E-state index contributed by atoms with van der Waals surface area (Å²) in [6.07, 6.45) is 2.68. The van der Waals surface area contributed by atoms with Crippen molar-refractivity contribution in [1.82, 2.24) is 10.6 Å². The van der Waals surface area contributed by atoms with Gasteiger partial charge in [0.25, 0.3) is 0 Å². The Balaban J connectivity index is 1.48. The van der Waals surface area contributed by atoms with Gasteiger partial charge in [0.1, 0.15) is 23.1 Å². The van der Waals surface area contributed by atoms with E-state index in [1.807, 2.05) is 36.4 Å². The molecule has 5 heteroatoms. The smallest absolute Gasteiger partial charge is 0.240 e. The van der Waals surface area contributed by atoms with Crippen LogP contribution in [0, 0.1) is 11.3 Å². The predicted molar refractivity (Wildman–Crippen MR) is 93.1 cm³/mol. The van der Waals surface area contributed by atoms with Gasteiger partial charge < -0.3 is 10.1 Å². The summed E-state index contributed by atoms with van der Waals surface area (Å²) in [5.74, 6) is 1.37. The maximum absolute atomic E-state index is 12.1. The third kappa shape index (κ3) is 2.86. The number of nitrogens with zero attached hydrogens (tertiary/aromatic N) is 1. The summed E-state index contributed by atoms with van der Waals surface area (Å²) < 4.78 is 5.82. The van der Waals surface area contributed by atoms with E-state index in [1.54, 1.807) is 12.1 Å². The van der Waals surface area contributed by atoms with Crippen LogP contribution in [0.2, 0.25) is 0 Å². The Morgan fingerprint density at radius 2 is 1.92 bits per heavy atom. The van der Waals surface area contributed by atoms with Gasteiger partial charge in [-0.25, -0.2) is 0 Å². The van der Waals surface area contributed by atoms with E-state index in [9.17, 15) is 4.79 Å². The van der Waals surface area contributed by atoms with Crippen LogP contribution in [-0.2, 0) is 4.79 Å². The third-order valence-electron chi connectivity index (χ3n) is 5.10. The number of carbonyl (C=O) groups excluding carboxylic acids is 1. The first kappa shape index (κ1) is 15.7. The van der Waals surface area contributed by atoms with Gasteiger partial charge >= 0.3 is 0 Å². The van der Waals surface area contributed by atoms with Gasteiger partial charge in [-0.05, 0) is 49.1 Å². The highest BCUT2D eigenvalue weighted by atomic mass is 16.5. The molecule has 5 nitrogen and oxygen atoms in total. The summed E-state index contributed by atoms with van der Waals surface area (Å²) in [6.45, 7) is 0.754. The van der Waals surface area contributed by atoms with Crippen molar-refractivity contribution in [1.29, 1.82) is 5.26 Å². The molecule has 2 heterocycles. The Hall–Kier alpha value is -2.84. The molecular weight excluding hydrogens is 314 g/mol. The van der Waals surface area contributed by atoms with Crippen LogP contribution >= 0.6 is 0 Å². The number of nitrogens with one attached hydrogen (secondary N) is 2. The molecule has 0 saturated carbocycles. The second-order valence-corrected chi connectivity index (χ2v) is 6.60. The van der Waals surface area contributed by atoms with Crippen LogP contribution in [0.5, 0.6) is 11.5 Å². The molecule has 126 valence electrons. The summed E-state index contributed by atoms with van der Waals surface area (Å²) >= 11 is 0. The molecule has 1 amide bonds. The first-order valence-electron chi connectivity index (χ1n) is 8.53. The number of benzene rings is 2. The quantitative estimate of drug-likeness (QED) is 0.905. The highest BCUT2D eigenvalue weighted by Gasteiger charge is 2.47. The highest BCUT2D eigenvalue weighted by Crippen LogP contribution is 2.37. The van der Waals surface area contributed by atoms with E-state index < -0.39 is 0 Å². The number of amides is 1. The van der Waals surface area contributed by atoms with Crippen LogP contribution in [0.4, 0.5) is 0 Å². The van der Waals surface area contributed by atoms with Gasteiger partial charge in [0.15, 0.2) is 0 Å². The fourth-order valence-corrected chi connectivity index (χ4v) is 3.71. The van der Waals surface area contributed by atoms with Crippen molar-refractivity contribution in [2.45, 2.75) is 30.8 Å². The molecule has 0 bridgehead atoms. The normalized spacial score (nSPS) is 24.9. The monoisotopic (exact) mass is 333 g/mol. The molecule has 2 atom stereocenters. The van der Waals surface area contributed by atoms with Crippen molar-refractivity contribution < 1.29 is 9.53 Å². The van der Waals surface area contributed by atoms with Gasteiger partial charge in [0, 0.05) is 12.6 Å². The molecule has 2 aromatic carbocycles. The molecule has 0 aliphatic carbocycles. The topological polar surface area (TPSA) is 74.1 Å². The third-order valence-corrected chi connectivity index (χ3v) is 5.10. The first-order chi connectivity index (χ1) is 12.2. The molecule has 0 unspecified atom stereocenters. The Bertz CT molecular complexity index is 841. The van der Waals surface area contributed by atoms with Gasteiger partial charge in [-0.1, -0.05) is 24.3 Å². The second kappa shape index (κ2) is 6.23. The molecule has 2 fully saturated rings. The Labute approximate surface area is 146 Å². The average Bonchev–Trinajstić information content (AvgIpc) is 3.23. The lowest BCUT2D eigenvalue weighted by molar-refractivity contribution is -0.124. The van der Waals surface area contributed by atoms with Crippen molar-refractivity contribution >= 4 is 5.91 Å². The molecule has 2 aliphatic rings. The van der Waals surface area contributed by atoms with E-state index in [2.05, 4.69) is 16.7 Å². The molecule has 0 radical (unpaired) electrons. The molecule has 1 spiro atoms. The maximum atomic E-state index is 12.1.